The maximum absolute atomic E-state index is 10.0. The molecule has 2 heteroatoms. The first-order valence-corrected chi connectivity index (χ1v) is 16.6. The largest absolute Gasteiger partial charge is 0.508 e. The van der Waals surface area contributed by atoms with Gasteiger partial charge in [0.2, 0.25) is 0 Å². The molecule has 3 atom stereocenters. The van der Waals surface area contributed by atoms with E-state index in [9.17, 15) is 10.2 Å². The lowest BCUT2D eigenvalue weighted by Gasteiger charge is -2.39. The van der Waals surface area contributed by atoms with Crippen molar-refractivity contribution in [2.45, 2.75) is 18.3 Å². The molecule has 0 bridgehead atoms. The van der Waals surface area contributed by atoms with E-state index in [1.54, 1.807) is 17.7 Å². The van der Waals surface area contributed by atoms with Gasteiger partial charge in [0.25, 0.3) is 0 Å². The van der Waals surface area contributed by atoms with Crippen LogP contribution in [-0.2, 0) is 5.41 Å². The second-order valence-corrected chi connectivity index (χ2v) is 13.5. The van der Waals surface area contributed by atoms with E-state index in [1.165, 1.54) is 50.1 Å². The summed E-state index contributed by atoms with van der Waals surface area (Å²) in [7, 11) is 0. The highest BCUT2D eigenvalue weighted by Crippen LogP contribution is 2.66. The quantitative estimate of drug-likeness (QED) is 0.206. The van der Waals surface area contributed by atoms with Gasteiger partial charge in [-0.25, -0.2) is 0 Å². The first kappa shape index (κ1) is 26.6. The Labute approximate surface area is 274 Å². The third-order valence-corrected chi connectivity index (χ3v) is 11.2. The van der Waals surface area contributed by atoms with Crippen molar-refractivity contribution in [1.29, 1.82) is 0 Å². The Kier molecular flexibility index (Phi) is 5.49. The Bertz CT molecular complexity index is 2450. The van der Waals surface area contributed by atoms with Gasteiger partial charge in [0.1, 0.15) is 11.5 Å². The van der Waals surface area contributed by atoms with Crippen LogP contribution in [0.15, 0.2) is 157 Å². The Morgan fingerprint density at radius 3 is 2.02 bits per heavy atom. The molecule has 0 aliphatic heterocycles. The molecule has 0 saturated heterocycles. The summed E-state index contributed by atoms with van der Waals surface area (Å²) in [4.78, 5) is 0. The van der Waals surface area contributed by atoms with Gasteiger partial charge in [-0.15, -0.1) is 0 Å². The number of allylic oxidation sites excluding steroid dienone is 8. The van der Waals surface area contributed by atoms with Crippen molar-refractivity contribution in [2.24, 2.45) is 11.8 Å². The summed E-state index contributed by atoms with van der Waals surface area (Å²) >= 11 is 0. The van der Waals surface area contributed by atoms with Crippen LogP contribution in [-0.4, -0.2) is 10.2 Å². The molecule has 1 spiro atoms. The molecule has 47 heavy (non-hydrogen) atoms. The number of hydrogen-bond acceptors (Lipinski definition) is 2. The first-order valence-electron chi connectivity index (χ1n) is 16.6. The number of benzene rings is 6. The van der Waals surface area contributed by atoms with E-state index in [1.807, 2.05) is 24.3 Å². The van der Waals surface area contributed by atoms with Crippen molar-refractivity contribution in [1.82, 2.24) is 0 Å². The van der Waals surface area contributed by atoms with Crippen LogP contribution in [0.1, 0.15) is 29.5 Å². The smallest absolute Gasteiger partial charge is 0.116 e. The van der Waals surface area contributed by atoms with Crippen molar-refractivity contribution < 1.29 is 10.2 Å². The summed E-state index contributed by atoms with van der Waals surface area (Å²) in [5.41, 5.74) is 13.2. The molecule has 3 unspecified atom stereocenters. The normalized spacial score (nSPS) is 22.0. The molecule has 2 nitrogen and oxygen atoms in total. The second kappa shape index (κ2) is 9.70. The molecule has 0 radical (unpaired) electrons. The van der Waals surface area contributed by atoms with Crippen LogP contribution in [0.4, 0.5) is 0 Å². The summed E-state index contributed by atoms with van der Waals surface area (Å²) in [6, 6.07) is 40.6. The second-order valence-electron chi connectivity index (χ2n) is 13.5. The van der Waals surface area contributed by atoms with Gasteiger partial charge < -0.3 is 10.2 Å². The minimum atomic E-state index is -0.256. The lowest BCUT2D eigenvalue weighted by molar-refractivity contribution is 0.426. The third kappa shape index (κ3) is 3.73. The lowest BCUT2D eigenvalue weighted by atomic mass is 9.63. The van der Waals surface area contributed by atoms with E-state index in [-0.39, 0.29) is 11.3 Å². The fraction of sp³-hybridized carbons (Fsp3) is 0.111. The fourth-order valence-electron chi connectivity index (χ4n) is 9.19. The summed E-state index contributed by atoms with van der Waals surface area (Å²) < 4.78 is 0. The highest BCUT2D eigenvalue weighted by Gasteiger charge is 2.58. The highest BCUT2D eigenvalue weighted by atomic mass is 16.3. The van der Waals surface area contributed by atoms with E-state index in [2.05, 4.69) is 109 Å². The SMILES string of the molecule is Oc1ccc2cc(C3=CC4C(C=C3)C3=C(CCC=C3)C43c4ccccc4-c4ccc(-c5ccc6cc(O)ccc6c5)cc43)ccc2c1. The van der Waals surface area contributed by atoms with Crippen LogP contribution in [0.3, 0.4) is 0 Å². The standard InChI is InChI=1S/C45H32O2/c46-35-17-13-29-21-27(9-11-31(29)23-35)33-15-19-39-37-5-1-3-7-41(37)45(43(39)25-33)42-8-4-2-6-38(42)40-20-16-34(26-44(40)45)28-10-12-32-24-36(47)18-14-30(32)22-28/h1-3,5-7,9-26,40,44,46-47H,4,8H2. The van der Waals surface area contributed by atoms with Crippen LogP contribution < -0.4 is 0 Å². The van der Waals surface area contributed by atoms with Gasteiger partial charge in [0.05, 0.1) is 5.41 Å². The molecule has 6 aromatic carbocycles. The van der Waals surface area contributed by atoms with E-state index >= 15 is 0 Å². The molecule has 0 heterocycles. The minimum absolute atomic E-state index is 0.239. The van der Waals surface area contributed by atoms with E-state index in [4.69, 9.17) is 0 Å². The molecule has 10 rings (SSSR count). The number of phenolic OH excluding ortho intramolecular Hbond substituents is 2. The van der Waals surface area contributed by atoms with Crippen molar-refractivity contribution in [3.05, 3.63) is 173 Å². The van der Waals surface area contributed by atoms with Gasteiger partial charge in [-0.2, -0.15) is 0 Å². The maximum Gasteiger partial charge on any atom is 0.116 e. The summed E-state index contributed by atoms with van der Waals surface area (Å²) in [5, 5.41) is 24.4. The van der Waals surface area contributed by atoms with Gasteiger partial charge in [-0.3, -0.25) is 0 Å². The Morgan fingerprint density at radius 2 is 1.21 bits per heavy atom. The summed E-state index contributed by atoms with van der Waals surface area (Å²) in [5.74, 6) is 1.13. The highest BCUT2D eigenvalue weighted by molar-refractivity contribution is 5.93. The van der Waals surface area contributed by atoms with Crippen LogP contribution >= 0.6 is 0 Å². The summed E-state index contributed by atoms with van der Waals surface area (Å²) in [6.45, 7) is 0. The van der Waals surface area contributed by atoms with Crippen molar-refractivity contribution in [2.75, 3.05) is 0 Å². The minimum Gasteiger partial charge on any atom is -0.508 e. The molecular weight excluding hydrogens is 572 g/mol. The van der Waals surface area contributed by atoms with Gasteiger partial charge in [-0.05, 0) is 127 Å². The Balaban J connectivity index is 1.19. The lowest BCUT2D eigenvalue weighted by Crippen LogP contribution is -2.35. The van der Waals surface area contributed by atoms with Crippen LogP contribution in [0.5, 0.6) is 11.5 Å². The summed E-state index contributed by atoms with van der Waals surface area (Å²) in [6.07, 6.45) is 14.3. The zero-order valence-corrected chi connectivity index (χ0v) is 25.8. The average Bonchev–Trinajstić information content (AvgIpc) is 3.58. The molecule has 4 aliphatic carbocycles. The third-order valence-electron chi connectivity index (χ3n) is 11.2. The predicted octanol–water partition coefficient (Wildman–Crippen LogP) is 10.9. The molecule has 6 aromatic rings. The Hall–Kier alpha value is -5.60. The van der Waals surface area contributed by atoms with E-state index in [0.29, 0.717) is 17.4 Å². The number of rotatable bonds is 2. The zero-order valence-electron chi connectivity index (χ0n) is 25.8. The molecule has 0 amide bonds. The molecule has 2 N–H and O–H groups in total. The van der Waals surface area contributed by atoms with Crippen molar-refractivity contribution in [3.63, 3.8) is 0 Å². The average molecular weight is 605 g/mol. The van der Waals surface area contributed by atoms with Gasteiger partial charge in [0, 0.05) is 11.8 Å². The first-order chi connectivity index (χ1) is 23.1. The number of fused-ring (bicyclic) bond motifs is 11. The van der Waals surface area contributed by atoms with Crippen LogP contribution in [0.25, 0.3) is 49.4 Å². The molecule has 0 aromatic heterocycles. The number of phenols is 2. The topological polar surface area (TPSA) is 40.5 Å². The molecule has 0 saturated carbocycles. The van der Waals surface area contributed by atoms with Crippen LogP contribution in [0.2, 0.25) is 0 Å². The van der Waals surface area contributed by atoms with Crippen molar-refractivity contribution in [3.8, 4) is 33.8 Å². The van der Waals surface area contributed by atoms with Gasteiger partial charge in [-0.1, -0.05) is 109 Å². The van der Waals surface area contributed by atoms with Gasteiger partial charge in [0.15, 0.2) is 0 Å². The zero-order chi connectivity index (χ0) is 31.3. The fourth-order valence-corrected chi connectivity index (χ4v) is 9.19. The monoisotopic (exact) mass is 604 g/mol. The molecule has 224 valence electrons. The van der Waals surface area contributed by atoms with Crippen molar-refractivity contribution >= 4 is 27.1 Å². The molecule has 4 aliphatic rings. The Morgan fingerprint density at radius 1 is 0.574 bits per heavy atom. The van der Waals surface area contributed by atoms with E-state index in [0.717, 1.165) is 34.4 Å². The predicted molar refractivity (Wildman–Crippen MR) is 192 cm³/mol. The number of hydrogen-bond donors (Lipinski definition) is 2. The van der Waals surface area contributed by atoms with Gasteiger partial charge >= 0.3 is 0 Å². The maximum atomic E-state index is 10.0. The van der Waals surface area contributed by atoms with Crippen LogP contribution in [0, 0.1) is 11.8 Å². The molecule has 0 fully saturated rings. The molecular formula is C45H32O2. The number of aromatic hydroxyl groups is 2. The van der Waals surface area contributed by atoms with E-state index < -0.39 is 0 Å².